The lowest BCUT2D eigenvalue weighted by Gasteiger charge is -2.16. The molecule has 0 unspecified atom stereocenters. The van der Waals surface area contributed by atoms with Crippen molar-refractivity contribution in [2.75, 3.05) is 31.0 Å². The lowest BCUT2D eigenvalue weighted by atomic mass is 10.3. The molecule has 1 N–H and O–H groups in total. The van der Waals surface area contributed by atoms with E-state index < -0.39 is 6.09 Å². The average Bonchev–Trinajstić information content (AvgIpc) is 2.44. The molecule has 0 fully saturated rings. The SMILES string of the molecule is CCOC(=O)NCCN(N=O)c1cccc(SC)c1. The molecule has 0 aromatic heterocycles. The molecule has 0 aliphatic heterocycles. The van der Waals surface area contributed by atoms with Gasteiger partial charge in [0, 0.05) is 11.4 Å². The number of ether oxygens (including phenoxy) is 1. The third kappa shape index (κ3) is 5.17. The molecule has 6 nitrogen and oxygen atoms in total. The first kappa shape index (κ1) is 15.3. The van der Waals surface area contributed by atoms with Gasteiger partial charge >= 0.3 is 6.09 Å². The van der Waals surface area contributed by atoms with Crippen molar-refractivity contribution in [3.05, 3.63) is 29.2 Å². The van der Waals surface area contributed by atoms with Gasteiger partial charge in [-0.1, -0.05) is 6.07 Å². The van der Waals surface area contributed by atoms with Gasteiger partial charge in [-0.15, -0.1) is 16.7 Å². The summed E-state index contributed by atoms with van der Waals surface area (Å²) in [6.45, 7) is 2.62. The van der Waals surface area contributed by atoms with Crippen molar-refractivity contribution in [2.45, 2.75) is 11.8 Å². The molecular weight excluding hydrogens is 266 g/mol. The van der Waals surface area contributed by atoms with Crippen molar-refractivity contribution >= 4 is 23.5 Å². The quantitative estimate of drug-likeness (QED) is 0.473. The van der Waals surface area contributed by atoms with Gasteiger partial charge in [-0.05, 0) is 31.4 Å². The van der Waals surface area contributed by atoms with Crippen LogP contribution in [0.4, 0.5) is 10.5 Å². The van der Waals surface area contributed by atoms with Crippen LogP contribution in [-0.2, 0) is 4.74 Å². The molecule has 0 aliphatic rings. The van der Waals surface area contributed by atoms with Crippen molar-refractivity contribution in [2.24, 2.45) is 5.29 Å². The molecular formula is C12H17N3O3S. The monoisotopic (exact) mass is 283 g/mol. The van der Waals surface area contributed by atoms with E-state index in [0.717, 1.165) is 4.90 Å². The van der Waals surface area contributed by atoms with Crippen molar-refractivity contribution < 1.29 is 9.53 Å². The van der Waals surface area contributed by atoms with Crippen molar-refractivity contribution in [3.8, 4) is 0 Å². The second-order valence-corrected chi connectivity index (χ2v) is 4.43. The predicted octanol–water partition coefficient (Wildman–Crippen LogP) is 2.64. The van der Waals surface area contributed by atoms with Gasteiger partial charge in [0.1, 0.15) is 0 Å². The number of carbonyl (C=O) groups is 1. The zero-order chi connectivity index (χ0) is 14.1. The van der Waals surface area contributed by atoms with Gasteiger partial charge in [-0.25, -0.2) is 9.80 Å². The summed E-state index contributed by atoms with van der Waals surface area (Å²) < 4.78 is 4.72. The van der Waals surface area contributed by atoms with Crippen LogP contribution in [0.5, 0.6) is 0 Å². The zero-order valence-corrected chi connectivity index (χ0v) is 11.8. The third-order valence-electron chi connectivity index (χ3n) is 2.32. The Hall–Kier alpha value is -1.76. The van der Waals surface area contributed by atoms with Crippen LogP contribution >= 0.6 is 11.8 Å². The molecule has 0 radical (unpaired) electrons. The Bertz CT molecular complexity index is 428. The van der Waals surface area contributed by atoms with E-state index in [-0.39, 0.29) is 6.54 Å². The maximum absolute atomic E-state index is 11.1. The molecule has 19 heavy (non-hydrogen) atoms. The fraction of sp³-hybridized carbons (Fsp3) is 0.417. The smallest absolute Gasteiger partial charge is 0.407 e. The number of nitrogens with zero attached hydrogens (tertiary/aromatic N) is 2. The number of benzene rings is 1. The van der Waals surface area contributed by atoms with Gasteiger partial charge in [0.15, 0.2) is 0 Å². The Labute approximate surface area is 116 Å². The summed E-state index contributed by atoms with van der Waals surface area (Å²) >= 11 is 1.59. The molecule has 0 saturated heterocycles. The van der Waals surface area contributed by atoms with Gasteiger partial charge < -0.3 is 10.1 Å². The van der Waals surface area contributed by atoms with Crippen LogP contribution in [0.1, 0.15) is 6.92 Å². The first-order valence-corrected chi connectivity index (χ1v) is 7.09. The summed E-state index contributed by atoms with van der Waals surface area (Å²) in [4.78, 5) is 23.0. The third-order valence-corrected chi connectivity index (χ3v) is 3.04. The Morgan fingerprint density at radius 2 is 2.32 bits per heavy atom. The topological polar surface area (TPSA) is 71.0 Å². The maximum atomic E-state index is 11.1. The number of thioether (sulfide) groups is 1. The second-order valence-electron chi connectivity index (χ2n) is 3.55. The van der Waals surface area contributed by atoms with Crippen LogP contribution in [0.2, 0.25) is 0 Å². The number of hydrogen-bond donors (Lipinski definition) is 1. The molecule has 104 valence electrons. The van der Waals surface area contributed by atoms with Gasteiger partial charge in [0.05, 0.1) is 24.1 Å². The van der Waals surface area contributed by atoms with E-state index in [9.17, 15) is 9.70 Å². The van der Waals surface area contributed by atoms with E-state index in [4.69, 9.17) is 4.74 Å². The summed E-state index contributed by atoms with van der Waals surface area (Å²) in [5.41, 5.74) is 0.701. The highest BCUT2D eigenvalue weighted by Gasteiger charge is 2.08. The molecule has 0 saturated carbocycles. The summed E-state index contributed by atoms with van der Waals surface area (Å²) in [6, 6.07) is 7.48. The standard InChI is InChI=1S/C12H17N3O3S/c1-3-18-12(16)13-7-8-15(14-17)10-5-4-6-11(9-10)19-2/h4-6,9H,3,7-8H2,1-2H3,(H,13,16). The number of amides is 1. The Morgan fingerprint density at radius 3 is 2.95 bits per heavy atom. The van der Waals surface area contributed by atoms with E-state index in [1.54, 1.807) is 24.8 Å². The average molecular weight is 283 g/mol. The Kier molecular flexibility index (Phi) is 6.73. The van der Waals surface area contributed by atoms with E-state index in [0.29, 0.717) is 18.8 Å². The maximum Gasteiger partial charge on any atom is 0.407 e. The molecule has 0 aliphatic carbocycles. The number of alkyl carbamates (subject to hydrolysis) is 1. The highest BCUT2D eigenvalue weighted by Crippen LogP contribution is 2.22. The number of hydrogen-bond acceptors (Lipinski definition) is 5. The normalized spacial score (nSPS) is 9.79. The number of carbonyl (C=O) groups excluding carboxylic acids is 1. The van der Waals surface area contributed by atoms with Crippen molar-refractivity contribution in [1.29, 1.82) is 0 Å². The summed E-state index contributed by atoms with van der Waals surface area (Å²) in [5, 5.41) is 6.80. The van der Waals surface area contributed by atoms with Gasteiger partial charge in [-0.2, -0.15) is 0 Å². The predicted molar refractivity (Wildman–Crippen MR) is 76.4 cm³/mol. The first-order valence-electron chi connectivity index (χ1n) is 5.86. The van der Waals surface area contributed by atoms with Crippen LogP contribution < -0.4 is 10.3 Å². The van der Waals surface area contributed by atoms with Crippen LogP contribution in [0.15, 0.2) is 34.4 Å². The summed E-state index contributed by atoms with van der Waals surface area (Å²) in [6.07, 6.45) is 1.46. The van der Waals surface area contributed by atoms with E-state index in [1.807, 2.05) is 24.5 Å². The van der Waals surface area contributed by atoms with Crippen LogP contribution in [0.25, 0.3) is 0 Å². The fourth-order valence-electron chi connectivity index (χ4n) is 1.43. The van der Waals surface area contributed by atoms with E-state index in [2.05, 4.69) is 10.6 Å². The van der Waals surface area contributed by atoms with Crippen LogP contribution in [0, 0.1) is 4.91 Å². The minimum Gasteiger partial charge on any atom is -0.450 e. The van der Waals surface area contributed by atoms with Crippen molar-refractivity contribution in [3.63, 3.8) is 0 Å². The van der Waals surface area contributed by atoms with E-state index >= 15 is 0 Å². The Balaban J connectivity index is 2.53. The van der Waals surface area contributed by atoms with E-state index in [1.165, 1.54) is 5.01 Å². The first-order chi connectivity index (χ1) is 9.21. The molecule has 1 amide bonds. The van der Waals surface area contributed by atoms with Gasteiger partial charge in [0.2, 0.25) is 0 Å². The zero-order valence-electron chi connectivity index (χ0n) is 11.0. The van der Waals surface area contributed by atoms with Crippen molar-refractivity contribution in [1.82, 2.24) is 5.32 Å². The molecule has 1 aromatic carbocycles. The van der Waals surface area contributed by atoms with Crippen LogP contribution in [0.3, 0.4) is 0 Å². The second kappa shape index (κ2) is 8.36. The molecule has 1 aromatic rings. The Morgan fingerprint density at radius 1 is 1.53 bits per heavy atom. The molecule has 7 heteroatoms. The molecule has 0 bridgehead atoms. The van der Waals surface area contributed by atoms with Gasteiger partial charge in [0.25, 0.3) is 0 Å². The minimum atomic E-state index is -0.494. The molecule has 1 rings (SSSR count). The lowest BCUT2D eigenvalue weighted by Crippen LogP contribution is -2.32. The number of anilines is 1. The summed E-state index contributed by atoms with van der Waals surface area (Å²) in [5.74, 6) is 0. The molecule has 0 spiro atoms. The fourth-order valence-corrected chi connectivity index (χ4v) is 1.89. The lowest BCUT2D eigenvalue weighted by molar-refractivity contribution is 0.152. The number of nitrogens with one attached hydrogen (secondary N) is 1. The summed E-state index contributed by atoms with van der Waals surface area (Å²) in [7, 11) is 0. The highest BCUT2D eigenvalue weighted by atomic mass is 32.2. The number of rotatable bonds is 7. The largest absolute Gasteiger partial charge is 0.450 e. The van der Waals surface area contributed by atoms with Crippen LogP contribution in [-0.4, -0.2) is 32.0 Å². The van der Waals surface area contributed by atoms with Gasteiger partial charge in [-0.3, -0.25) is 0 Å². The highest BCUT2D eigenvalue weighted by molar-refractivity contribution is 7.98. The minimum absolute atomic E-state index is 0.286. The molecule has 0 atom stereocenters. The number of nitroso groups, excluding NO2 is 1. The molecule has 0 heterocycles.